The van der Waals surface area contributed by atoms with Crippen LogP contribution in [0.2, 0.25) is 0 Å². The monoisotopic (exact) mass is 317 g/mol. The highest BCUT2D eigenvalue weighted by molar-refractivity contribution is 5.95. The first-order valence-electron chi connectivity index (χ1n) is 6.72. The van der Waals surface area contributed by atoms with Gasteiger partial charge in [0.05, 0.1) is 19.9 Å². The van der Waals surface area contributed by atoms with Crippen molar-refractivity contribution in [1.82, 2.24) is 9.97 Å². The average Bonchev–Trinajstić information content (AvgIpc) is 2.56. The minimum absolute atomic E-state index is 0.112. The molecular weight excluding hydrogens is 304 g/mol. The standard InChI is InChI=1S/C16H13F2N3O2/c1-22-13-6-4-10-14(15(13)23-2)19-8-20-16(10)21-12-5-3-9(17)7-11(12)18/h3-8H,1-2H3,(H,19,20,21). The predicted molar refractivity (Wildman–Crippen MR) is 82.3 cm³/mol. The van der Waals surface area contributed by atoms with E-state index in [1.165, 1.54) is 32.7 Å². The third-order valence-corrected chi connectivity index (χ3v) is 3.33. The van der Waals surface area contributed by atoms with Crippen molar-refractivity contribution < 1.29 is 18.3 Å². The zero-order valence-electron chi connectivity index (χ0n) is 12.4. The van der Waals surface area contributed by atoms with Crippen molar-refractivity contribution in [3.05, 3.63) is 48.3 Å². The largest absolute Gasteiger partial charge is 0.493 e. The molecule has 0 atom stereocenters. The summed E-state index contributed by atoms with van der Waals surface area (Å²) in [5, 5.41) is 3.46. The fourth-order valence-electron chi connectivity index (χ4n) is 2.26. The summed E-state index contributed by atoms with van der Waals surface area (Å²) >= 11 is 0. The highest BCUT2D eigenvalue weighted by Crippen LogP contribution is 2.36. The summed E-state index contributed by atoms with van der Waals surface area (Å²) in [6.45, 7) is 0. The second kappa shape index (κ2) is 6.04. The van der Waals surface area contributed by atoms with E-state index in [1.807, 2.05) is 0 Å². The molecule has 3 rings (SSSR count). The van der Waals surface area contributed by atoms with Gasteiger partial charge in [0.1, 0.15) is 29.3 Å². The van der Waals surface area contributed by atoms with E-state index in [9.17, 15) is 8.78 Å². The lowest BCUT2D eigenvalue weighted by Crippen LogP contribution is -2.00. The van der Waals surface area contributed by atoms with Crippen LogP contribution < -0.4 is 14.8 Å². The van der Waals surface area contributed by atoms with Crippen LogP contribution in [-0.2, 0) is 0 Å². The molecule has 23 heavy (non-hydrogen) atoms. The molecule has 2 aromatic carbocycles. The molecule has 5 nitrogen and oxygen atoms in total. The van der Waals surface area contributed by atoms with Gasteiger partial charge in [-0.1, -0.05) is 0 Å². The van der Waals surface area contributed by atoms with Gasteiger partial charge in [0, 0.05) is 11.5 Å². The van der Waals surface area contributed by atoms with E-state index >= 15 is 0 Å². The SMILES string of the molecule is COc1ccc2c(Nc3ccc(F)cc3F)ncnc2c1OC. The maximum atomic E-state index is 13.8. The molecule has 0 spiro atoms. The number of aromatic nitrogens is 2. The van der Waals surface area contributed by atoms with E-state index in [1.54, 1.807) is 12.1 Å². The fraction of sp³-hybridized carbons (Fsp3) is 0.125. The van der Waals surface area contributed by atoms with Crippen LogP contribution in [0.1, 0.15) is 0 Å². The number of hydrogen-bond acceptors (Lipinski definition) is 5. The normalized spacial score (nSPS) is 10.6. The zero-order valence-corrected chi connectivity index (χ0v) is 12.4. The van der Waals surface area contributed by atoms with Crippen molar-refractivity contribution in [2.45, 2.75) is 0 Å². The first kappa shape index (κ1) is 15.0. The molecule has 0 unspecified atom stereocenters. The molecule has 0 saturated heterocycles. The Morgan fingerprint density at radius 1 is 1.00 bits per heavy atom. The van der Waals surface area contributed by atoms with Gasteiger partial charge in [0.15, 0.2) is 11.5 Å². The van der Waals surface area contributed by atoms with Crippen LogP contribution in [0.3, 0.4) is 0 Å². The molecule has 0 radical (unpaired) electrons. The van der Waals surface area contributed by atoms with Gasteiger partial charge >= 0.3 is 0 Å². The highest BCUT2D eigenvalue weighted by Gasteiger charge is 2.14. The molecule has 0 saturated carbocycles. The second-order valence-corrected chi connectivity index (χ2v) is 4.67. The van der Waals surface area contributed by atoms with E-state index in [0.717, 1.165) is 6.07 Å². The molecule has 1 aromatic heterocycles. The molecule has 1 heterocycles. The van der Waals surface area contributed by atoms with Crippen LogP contribution in [0.5, 0.6) is 11.5 Å². The van der Waals surface area contributed by atoms with Crippen molar-refractivity contribution in [3.8, 4) is 11.5 Å². The van der Waals surface area contributed by atoms with Crippen molar-refractivity contribution in [2.75, 3.05) is 19.5 Å². The Balaban J connectivity index is 2.11. The summed E-state index contributed by atoms with van der Waals surface area (Å²) in [6, 6.07) is 6.71. The Labute approximate surface area is 130 Å². The minimum Gasteiger partial charge on any atom is -0.493 e. The molecule has 7 heteroatoms. The minimum atomic E-state index is -0.711. The summed E-state index contributed by atoms with van der Waals surface area (Å²) in [5.74, 6) is -0.00154. The van der Waals surface area contributed by atoms with Crippen LogP contribution in [0.4, 0.5) is 20.3 Å². The highest BCUT2D eigenvalue weighted by atomic mass is 19.1. The van der Waals surface area contributed by atoms with Gasteiger partial charge < -0.3 is 14.8 Å². The van der Waals surface area contributed by atoms with Gasteiger partial charge in [-0.05, 0) is 24.3 Å². The molecule has 1 N–H and O–H groups in total. The van der Waals surface area contributed by atoms with Gasteiger partial charge in [-0.2, -0.15) is 0 Å². The van der Waals surface area contributed by atoms with E-state index in [-0.39, 0.29) is 5.69 Å². The molecular formula is C16H13F2N3O2. The number of hydrogen-bond donors (Lipinski definition) is 1. The first-order valence-corrected chi connectivity index (χ1v) is 6.72. The third-order valence-electron chi connectivity index (χ3n) is 3.33. The molecule has 0 fully saturated rings. The Kier molecular flexibility index (Phi) is 3.92. The summed E-state index contributed by atoms with van der Waals surface area (Å²) in [7, 11) is 3.03. The van der Waals surface area contributed by atoms with Crippen molar-refractivity contribution in [3.63, 3.8) is 0 Å². The number of anilines is 2. The van der Waals surface area contributed by atoms with Crippen LogP contribution in [0, 0.1) is 11.6 Å². The van der Waals surface area contributed by atoms with Gasteiger partial charge in [-0.25, -0.2) is 18.7 Å². The lowest BCUT2D eigenvalue weighted by atomic mass is 10.2. The van der Waals surface area contributed by atoms with Crippen LogP contribution in [-0.4, -0.2) is 24.2 Å². The Morgan fingerprint density at radius 2 is 1.83 bits per heavy atom. The Bertz CT molecular complexity index is 871. The van der Waals surface area contributed by atoms with E-state index < -0.39 is 11.6 Å². The molecule has 3 aromatic rings. The molecule has 0 aliphatic rings. The van der Waals surface area contributed by atoms with Crippen molar-refractivity contribution in [2.24, 2.45) is 0 Å². The molecule has 0 amide bonds. The summed E-state index contributed by atoms with van der Waals surface area (Å²) in [6.07, 6.45) is 1.33. The lowest BCUT2D eigenvalue weighted by molar-refractivity contribution is 0.358. The van der Waals surface area contributed by atoms with E-state index in [0.29, 0.717) is 28.2 Å². The second-order valence-electron chi connectivity index (χ2n) is 4.67. The Morgan fingerprint density at radius 3 is 2.52 bits per heavy atom. The van der Waals surface area contributed by atoms with Crippen LogP contribution in [0.25, 0.3) is 10.9 Å². The number of benzene rings is 2. The number of fused-ring (bicyclic) bond motifs is 1. The lowest BCUT2D eigenvalue weighted by Gasteiger charge is -2.13. The number of methoxy groups -OCH3 is 2. The number of nitrogens with one attached hydrogen (secondary N) is 1. The maximum Gasteiger partial charge on any atom is 0.187 e. The van der Waals surface area contributed by atoms with Crippen LogP contribution in [0.15, 0.2) is 36.7 Å². The van der Waals surface area contributed by atoms with Crippen molar-refractivity contribution >= 4 is 22.4 Å². The average molecular weight is 317 g/mol. The third kappa shape index (κ3) is 2.73. The fourth-order valence-corrected chi connectivity index (χ4v) is 2.26. The van der Waals surface area contributed by atoms with Crippen molar-refractivity contribution in [1.29, 1.82) is 0 Å². The van der Waals surface area contributed by atoms with Gasteiger partial charge in [0.2, 0.25) is 0 Å². The van der Waals surface area contributed by atoms with E-state index in [2.05, 4.69) is 15.3 Å². The molecule has 0 bridgehead atoms. The topological polar surface area (TPSA) is 56.3 Å². The molecule has 0 aliphatic carbocycles. The number of nitrogens with zero attached hydrogens (tertiary/aromatic N) is 2. The van der Waals surface area contributed by atoms with Gasteiger partial charge in [0.25, 0.3) is 0 Å². The van der Waals surface area contributed by atoms with Crippen LogP contribution >= 0.6 is 0 Å². The zero-order chi connectivity index (χ0) is 16.4. The predicted octanol–water partition coefficient (Wildman–Crippen LogP) is 3.67. The summed E-state index contributed by atoms with van der Waals surface area (Å²) in [5.41, 5.74) is 0.632. The quantitative estimate of drug-likeness (QED) is 0.795. The maximum absolute atomic E-state index is 13.8. The molecule has 118 valence electrons. The van der Waals surface area contributed by atoms with Gasteiger partial charge in [-0.3, -0.25) is 0 Å². The van der Waals surface area contributed by atoms with E-state index in [4.69, 9.17) is 9.47 Å². The smallest absolute Gasteiger partial charge is 0.187 e. The number of halogens is 2. The summed E-state index contributed by atoms with van der Waals surface area (Å²) in [4.78, 5) is 8.31. The summed E-state index contributed by atoms with van der Waals surface area (Å²) < 4.78 is 37.4. The number of ether oxygens (including phenoxy) is 2. The number of rotatable bonds is 4. The first-order chi connectivity index (χ1) is 11.1. The van der Waals surface area contributed by atoms with Gasteiger partial charge in [-0.15, -0.1) is 0 Å². The Hall–Kier alpha value is -2.96. The molecule has 0 aliphatic heterocycles.